The fourth-order valence-corrected chi connectivity index (χ4v) is 5.43. The van der Waals surface area contributed by atoms with Gasteiger partial charge in [0, 0.05) is 12.1 Å². The lowest BCUT2D eigenvalue weighted by Gasteiger charge is -2.32. The second kappa shape index (κ2) is 5.87. The number of benzene rings is 2. The lowest BCUT2D eigenvalue weighted by Crippen LogP contribution is -2.36. The maximum Gasteiger partial charge on any atom is 0.268 e. The smallest absolute Gasteiger partial charge is 0.268 e. The molecule has 1 aliphatic rings. The monoisotopic (exact) mass is 392 g/mol. The van der Waals surface area contributed by atoms with Crippen LogP contribution in [-0.2, 0) is 10.0 Å². The Bertz CT molecular complexity index is 1430. The summed E-state index contributed by atoms with van der Waals surface area (Å²) in [6, 6.07) is 14.2. The summed E-state index contributed by atoms with van der Waals surface area (Å²) in [5.74, 6) is 0.177. The van der Waals surface area contributed by atoms with E-state index in [-0.39, 0.29) is 16.2 Å². The highest BCUT2D eigenvalue weighted by atomic mass is 32.2. The van der Waals surface area contributed by atoms with Crippen LogP contribution in [0.1, 0.15) is 13.3 Å². The van der Waals surface area contributed by atoms with Crippen LogP contribution in [0.5, 0.6) is 0 Å². The Hall–Kier alpha value is -3.26. The number of para-hydroxylation sites is 2. The van der Waals surface area contributed by atoms with Gasteiger partial charge in [0.05, 0.1) is 28.5 Å². The Morgan fingerprint density at radius 2 is 1.79 bits per heavy atom. The van der Waals surface area contributed by atoms with Crippen molar-refractivity contribution in [3.05, 3.63) is 65.1 Å². The highest BCUT2D eigenvalue weighted by molar-refractivity contribution is 7.93. The molecule has 0 bridgehead atoms. The molecule has 0 N–H and O–H groups in total. The molecule has 2 aromatic heterocycles. The van der Waals surface area contributed by atoms with E-state index >= 15 is 0 Å². The molecule has 0 radical (unpaired) electrons. The molecule has 4 aromatic rings. The van der Waals surface area contributed by atoms with E-state index in [0.717, 1.165) is 0 Å². The minimum atomic E-state index is -3.84. The lowest BCUT2D eigenvalue weighted by molar-refractivity contribution is 0.588. The maximum absolute atomic E-state index is 13.3. The van der Waals surface area contributed by atoms with Crippen LogP contribution in [0.2, 0.25) is 0 Å². The summed E-state index contributed by atoms with van der Waals surface area (Å²) in [5.41, 5.74) is 1.74. The normalized spacial score (nSPS) is 14.8. The van der Waals surface area contributed by atoms with E-state index in [0.29, 0.717) is 40.8 Å². The van der Waals surface area contributed by atoms with Crippen LogP contribution in [0.25, 0.3) is 27.9 Å². The molecule has 0 spiro atoms. The predicted octanol–water partition coefficient (Wildman–Crippen LogP) is 2.83. The molecule has 140 valence electrons. The van der Waals surface area contributed by atoms with Crippen molar-refractivity contribution in [3.8, 4) is 11.3 Å². The van der Waals surface area contributed by atoms with Gasteiger partial charge in [-0.1, -0.05) is 37.3 Å². The number of fused-ring (bicyclic) bond motifs is 6. The van der Waals surface area contributed by atoms with Gasteiger partial charge in [-0.25, -0.2) is 22.8 Å². The van der Waals surface area contributed by atoms with Crippen LogP contribution in [0.4, 0.5) is 5.69 Å². The Labute approximate surface area is 161 Å². The van der Waals surface area contributed by atoms with Gasteiger partial charge in [-0.2, -0.15) is 0 Å². The fraction of sp³-hybridized carbons (Fsp3) is 0.150. The third-order valence-corrected chi connectivity index (χ3v) is 6.75. The Kier molecular flexibility index (Phi) is 3.54. The molecule has 0 atom stereocenters. The van der Waals surface area contributed by atoms with Crippen LogP contribution in [0, 0.1) is 0 Å². The Balaban J connectivity index is 2.00. The van der Waals surface area contributed by atoms with Gasteiger partial charge in [0.25, 0.3) is 15.6 Å². The van der Waals surface area contributed by atoms with Crippen molar-refractivity contribution in [2.45, 2.75) is 18.2 Å². The van der Waals surface area contributed by atoms with E-state index in [4.69, 9.17) is 0 Å². The SMILES string of the molecule is CCCN1c2ccccc2-c2c(cnc3nc4ccccc4c(=O)n23)S1(=O)=O. The molecule has 28 heavy (non-hydrogen) atoms. The average Bonchev–Trinajstić information content (AvgIpc) is 2.70. The summed E-state index contributed by atoms with van der Waals surface area (Å²) in [5, 5.41) is 0.418. The first-order valence-electron chi connectivity index (χ1n) is 8.96. The number of sulfonamides is 1. The molecule has 7 nitrogen and oxygen atoms in total. The van der Waals surface area contributed by atoms with E-state index in [9.17, 15) is 13.2 Å². The quantitative estimate of drug-likeness (QED) is 0.490. The first kappa shape index (κ1) is 16.9. The van der Waals surface area contributed by atoms with E-state index in [1.165, 1.54) is 14.9 Å². The second-order valence-electron chi connectivity index (χ2n) is 6.63. The van der Waals surface area contributed by atoms with E-state index in [2.05, 4.69) is 9.97 Å². The number of hydrogen-bond donors (Lipinski definition) is 0. The molecule has 1 aliphatic heterocycles. The molecule has 0 unspecified atom stereocenters. The van der Waals surface area contributed by atoms with Crippen LogP contribution < -0.4 is 9.86 Å². The number of hydrogen-bond acceptors (Lipinski definition) is 5. The average molecular weight is 392 g/mol. The number of anilines is 1. The lowest BCUT2D eigenvalue weighted by atomic mass is 10.1. The summed E-state index contributed by atoms with van der Waals surface area (Å²) < 4.78 is 29.4. The van der Waals surface area contributed by atoms with Crippen molar-refractivity contribution < 1.29 is 8.42 Å². The van der Waals surface area contributed by atoms with Crippen molar-refractivity contribution in [1.82, 2.24) is 14.4 Å². The van der Waals surface area contributed by atoms with Crippen LogP contribution in [0.3, 0.4) is 0 Å². The molecular weight excluding hydrogens is 376 g/mol. The first-order valence-corrected chi connectivity index (χ1v) is 10.4. The van der Waals surface area contributed by atoms with Crippen LogP contribution >= 0.6 is 0 Å². The number of aromatic nitrogens is 3. The molecule has 3 heterocycles. The number of rotatable bonds is 2. The third-order valence-electron chi connectivity index (χ3n) is 4.93. The van der Waals surface area contributed by atoms with Crippen molar-refractivity contribution in [2.24, 2.45) is 0 Å². The van der Waals surface area contributed by atoms with Crippen LogP contribution in [0.15, 0.2) is 64.4 Å². The molecule has 0 saturated heterocycles. The number of nitrogens with zero attached hydrogens (tertiary/aromatic N) is 4. The van der Waals surface area contributed by atoms with Crippen molar-refractivity contribution in [3.63, 3.8) is 0 Å². The van der Waals surface area contributed by atoms with Gasteiger partial charge < -0.3 is 0 Å². The molecule has 0 amide bonds. The zero-order valence-corrected chi connectivity index (χ0v) is 15.8. The molecule has 5 rings (SSSR count). The van der Waals surface area contributed by atoms with E-state index in [1.807, 2.05) is 19.1 Å². The highest BCUT2D eigenvalue weighted by Crippen LogP contribution is 2.42. The van der Waals surface area contributed by atoms with Gasteiger partial charge in [-0.05, 0) is 24.6 Å². The van der Waals surface area contributed by atoms with Crippen LogP contribution in [-0.4, -0.2) is 29.3 Å². The van der Waals surface area contributed by atoms with Gasteiger partial charge in [0.2, 0.25) is 5.78 Å². The third kappa shape index (κ3) is 2.15. The summed E-state index contributed by atoms with van der Waals surface area (Å²) in [7, 11) is -3.84. The fourth-order valence-electron chi connectivity index (χ4n) is 3.72. The second-order valence-corrected chi connectivity index (χ2v) is 8.47. The Morgan fingerprint density at radius 1 is 1.04 bits per heavy atom. The van der Waals surface area contributed by atoms with Crippen molar-refractivity contribution >= 4 is 32.4 Å². The molecule has 0 fully saturated rings. The molecule has 2 aromatic carbocycles. The van der Waals surface area contributed by atoms with Gasteiger partial charge in [0.1, 0.15) is 4.90 Å². The zero-order chi connectivity index (χ0) is 19.5. The summed E-state index contributed by atoms with van der Waals surface area (Å²) >= 11 is 0. The molecule has 8 heteroatoms. The maximum atomic E-state index is 13.3. The largest absolute Gasteiger partial charge is 0.268 e. The van der Waals surface area contributed by atoms with Crippen molar-refractivity contribution in [1.29, 1.82) is 0 Å². The van der Waals surface area contributed by atoms with E-state index < -0.39 is 10.0 Å². The highest BCUT2D eigenvalue weighted by Gasteiger charge is 2.36. The standard InChI is InChI=1S/C20H16N4O3S/c1-2-11-23-16-10-6-4-8-14(16)18-17(28(23,26)27)12-21-20-22-15-9-5-3-7-13(15)19(25)24(18)20/h3-10,12H,2,11H2,1H3. The predicted molar refractivity (Wildman–Crippen MR) is 107 cm³/mol. The molecular formula is C20H16N4O3S. The topological polar surface area (TPSA) is 84.6 Å². The summed E-state index contributed by atoms with van der Waals surface area (Å²) in [6.07, 6.45) is 1.97. The summed E-state index contributed by atoms with van der Waals surface area (Å²) in [6.45, 7) is 2.27. The Morgan fingerprint density at radius 3 is 2.61 bits per heavy atom. The van der Waals surface area contributed by atoms with Gasteiger partial charge >= 0.3 is 0 Å². The minimum absolute atomic E-state index is 0.0198. The van der Waals surface area contributed by atoms with Gasteiger partial charge in [0.15, 0.2) is 0 Å². The molecule has 0 aliphatic carbocycles. The van der Waals surface area contributed by atoms with Gasteiger partial charge in [-0.15, -0.1) is 0 Å². The summed E-state index contributed by atoms with van der Waals surface area (Å²) in [4.78, 5) is 22.0. The molecule has 0 saturated carbocycles. The van der Waals surface area contributed by atoms with Crippen molar-refractivity contribution in [2.75, 3.05) is 10.8 Å². The minimum Gasteiger partial charge on any atom is -0.268 e. The zero-order valence-electron chi connectivity index (χ0n) is 15.0. The van der Waals surface area contributed by atoms with Gasteiger partial charge in [-0.3, -0.25) is 9.10 Å². The van der Waals surface area contributed by atoms with E-state index in [1.54, 1.807) is 36.4 Å². The first-order chi connectivity index (χ1) is 13.5.